The van der Waals surface area contributed by atoms with E-state index in [1.807, 2.05) is 29.1 Å². The van der Waals surface area contributed by atoms with Crippen LogP contribution >= 0.6 is 11.6 Å². The number of aryl methyl sites for hydroxylation is 1. The van der Waals surface area contributed by atoms with Crippen LogP contribution in [0.3, 0.4) is 0 Å². The van der Waals surface area contributed by atoms with Gasteiger partial charge in [-0.2, -0.15) is 5.10 Å². The second-order valence-corrected chi connectivity index (χ2v) is 5.75. The number of ether oxygens (including phenoxy) is 1. The Morgan fingerprint density at radius 1 is 1.38 bits per heavy atom. The lowest BCUT2D eigenvalue weighted by Gasteiger charge is -2.10. The first-order valence-electron chi connectivity index (χ1n) is 7.30. The number of hydrogen-bond donors (Lipinski definition) is 1. The third kappa shape index (κ3) is 4.76. The largest absolute Gasteiger partial charge is 0.452 e. The number of nitrogens with zero attached hydrogens (tertiary/aromatic N) is 2. The topological polar surface area (TPSA) is 39.1 Å². The normalized spacial score (nSPS) is 11.1. The van der Waals surface area contributed by atoms with Gasteiger partial charge in [-0.3, -0.25) is 4.68 Å². The van der Waals surface area contributed by atoms with Crippen molar-refractivity contribution < 1.29 is 4.74 Å². The Bertz CT molecular complexity index is 581. The quantitative estimate of drug-likeness (QED) is 0.831. The van der Waals surface area contributed by atoms with Gasteiger partial charge in [-0.15, -0.1) is 0 Å². The maximum Gasteiger partial charge on any atom is 0.165 e. The SMILES string of the molecule is CCCn1cc(Oc2ccc(CNC(C)C)cc2Cl)cn1. The summed E-state index contributed by atoms with van der Waals surface area (Å²) in [6.07, 6.45) is 4.63. The molecule has 0 radical (unpaired) electrons. The minimum absolute atomic E-state index is 0.448. The van der Waals surface area contributed by atoms with Crippen molar-refractivity contribution in [3.05, 3.63) is 41.2 Å². The van der Waals surface area contributed by atoms with Crippen molar-refractivity contribution in [2.45, 2.75) is 46.3 Å². The summed E-state index contributed by atoms with van der Waals surface area (Å²) in [5.74, 6) is 1.36. The molecule has 0 atom stereocenters. The Hall–Kier alpha value is -1.52. The fourth-order valence-electron chi connectivity index (χ4n) is 1.93. The van der Waals surface area contributed by atoms with E-state index >= 15 is 0 Å². The van der Waals surface area contributed by atoms with Gasteiger partial charge in [0.15, 0.2) is 5.75 Å². The molecule has 114 valence electrons. The molecule has 0 amide bonds. The lowest BCUT2D eigenvalue weighted by Crippen LogP contribution is -2.21. The van der Waals surface area contributed by atoms with Crippen LogP contribution in [0.25, 0.3) is 0 Å². The van der Waals surface area contributed by atoms with Crippen LogP contribution in [-0.2, 0) is 13.1 Å². The van der Waals surface area contributed by atoms with Gasteiger partial charge in [-0.25, -0.2) is 0 Å². The van der Waals surface area contributed by atoms with E-state index < -0.39 is 0 Å². The van der Waals surface area contributed by atoms with Gasteiger partial charge >= 0.3 is 0 Å². The molecule has 5 heteroatoms. The highest BCUT2D eigenvalue weighted by Crippen LogP contribution is 2.30. The predicted molar refractivity (Wildman–Crippen MR) is 86.0 cm³/mol. The zero-order chi connectivity index (χ0) is 15.2. The minimum atomic E-state index is 0.448. The smallest absolute Gasteiger partial charge is 0.165 e. The first-order valence-corrected chi connectivity index (χ1v) is 7.68. The molecule has 0 spiro atoms. The van der Waals surface area contributed by atoms with Crippen molar-refractivity contribution in [3.8, 4) is 11.5 Å². The second-order valence-electron chi connectivity index (χ2n) is 5.34. The van der Waals surface area contributed by atoms with Crippen LogP contribution < -0.4 is 10.1 Å². The molecule has 0 aliphatic carbocycles. The van der Waals surface area contributed by atoms with Crippen LogP contribution in [0.1, 0.15) is 32.8 Å². The Morgan fingerprint density at radius 2 is 2.19 bits per heavy atom. The summed E-state index contributed by atoms with van der Waals surface area (Å²) in [6.45, 7) is 8.03. The number of nitrogens with one attached hydrogen (secondary N) is 1. The van der Waals surface area contributed by atoms with Crippen LogP contribution in [0.15, 0.2) is 30.6 Å². The van der Waals surface area contributed by atoms with Crippen molar-refractivity contribution in [1.29, 1.82) is 0 Å². The van der Waals surface area contributed by atoms with Gasteiger partial charge in [0.25, 0.3) is 0 Å². The van der Waals surface area contributed by atoms with Crippen LogP contribution in [0.4, 0.5) is 0 Å². The van der Waals surface area contributed by atoms with Crippen molar-refractivity contribution >= 4 is 11.6 Å². The molecule has 0 saturated carbocycles. The monoisotopic (exact) mass is 307 g/mol. The van der Waals surface area contributed by atoms with E-state index in [4.69, 9.17) is 16.3 Å². The Balaban J connectivity index is 2.02. The summed E-state index contributed by atoms with van der Waals surface area (Å²) in [4.78, 5) is 0. The van der Waals surface area contributed by atoms with Gasteiger partial charge < -0.3 is 10.1 Å². The molecule has 2 rings (SSSR count). The molecule has 4 nitrogen and oxygen atoms in total. The molecule has 1 aromatic heterocycles. The van der Waals surface area contributed by atoms with E-state index in [2.05, 4.69) is 31.2 Å². The first-order chi connectivity index (χ1) is 10.1. The van der Waals surface area contributed by atoms with E-state index in [1.165, 1.54) is 0 Å². The van der Waals surface area contributed by atoms with Gasteiger partial charge in [0.1, 0.15) is 5.75 Å². The predicted octanol–water partition coefficient (Wildman–Crippen LogP) is 4.24. The van der Waals surface area contributed by atoms with E-state index in [9.17, 15) is 0 Å². The number of hydrogen-bond acceptors (Lipinski definition) is 3. The summed E-state index contributed by atoms with van der Waals surface area (Å²) in [5, 5.41) is 8.21. The molecule has 2 aromatic rings. The summed E-state index contributed by atoms with van der Waals surface area (Å²) in [7, 11) is 0. The van der Waals surface area contributed by atoms with Crippen LogP contribution in [0.2, 0.25) is 5.02 Å². The third-order valence-corrected chi connectivity index (χ3v) is 3.30. The van der Waals surface area contributed by atoms with Gasteiger partial charge in [-0.05, 0) is 24.1 Å². The average Bonchev–Trinajstić information content (AvgIpc) is 2.87. The maximum absolute atomic E-state index is 6.28. The van der Waals surface area contributed by atoms with Gasteiger partial charge in [-0.1, -0.05) is 38.4 Å². The van der Waals surface area contributed by atoms with Gasteiger partial charge in [0, 0.05) is 19.1 Å². The Kier molecular flexibility index (Phi) is 5.65. The van der Waals surface area contributed by atoms with E-state index in [0.29, 0.717) is 22.6 Å². The van der Waals surface area contributed by atoms with Crippen LogP contribution in [0, 0.1) is 0 Å². The third-order valence-electron chi connectivity index (χ3n) is 3.00. The fourth-order valence-corrected chi connectivity index (χ4v) is 2.18. The molecule has 0 saturated heterocycles. The standard InChI is InChI=1S/C16H22ClN3O/c1-4-7-20-11-14(10-19-20)21-16-6-5-13(8-15(16)17)9-18-12(2)3/h5-6,8,10-12,18H,4,7,9H2,1-3H3. The maximum atomic E-state index is 6.28. The number of benzene rings is 1. The minimum Gasteiger partial charge on any atom is -0.452 e. The lowest BCUT2D eigenvalue weighted by atomic mass is 10.2. The second kappa shape index (κ2) is 7.48. The zero-order valence-corrected chi connectivity index (χ0v) is 13.5. The molecule has 0 aliphatic rings. The van der Waals surface area contributed by atoms with Crippen LogP contribution in [-0.4, -0.2) is 15.8 Å². The molecule has 1 heterocycles. The summed E-state index contributed by atoms with van der Waals surface area (Å²) in [5.41, 5.74) is 1.14. The van der Waals surface area contributed by atoms with Crippen LogP contribution in [0.5, 0.6) is 11.5 Å². The first kappa shape index (κ1) is 15.9. The van der Waals surface area contributed by atoms with Gasteiger partial charge in [0.05, 0.1) is 17.4 Å². The lowest BCUT2D eigenvalue weighted by molar-refractivity contribution is 0.480. The van der Waals surface area contributed by atoms with E-state index in [1.54, 1.807) is 6.20 Å². The highest BCUT2D eigenvalue weighted by Gasteiger charge is 2.07. The molecule has 0 unspecified atom stereocenters. The zero-order valence-electron chi connectivity index (χ0n) is 12.8. The van der Waals surface area contributed by atoms with Crippen molar-refractivity contribution in [3.63, 3.8) is 0 Å². The van der Waals surface area contributed by atoms with E-state index in [-0.39, 0.29) is 0 Å². The molecular formula is C16H22ClN3O. The van der Waals surface area contributed by atoms with Crippen molar-refractivity contribution in [1.82, 2.24) is 15.1 Å². The van der Waals surface area contributed by atoms with Crippen molar-refractivity contribution in [2.75, 3.05) is 0 Å². The van der Waals surface area contributed by atoms with E-state index in [0.717, 1.165) is 25.1 Å². The highest BCUT2D eigenvalue weighted by atomic mass is 35.5. The Morgan fingerprint density at radius 3 is 2.86 bits per heavy atom. The summed E-state index contributed by atoms with van der Waals surface area (Å²) >= 11 is 6.28. The number of rotatable bonds is 7. The molecule has 1 N–H and O–H groups in total. The number of halogens is 1. The molecule has 0 fully saturated rings. The fraction of sp³-hybridized carbons (Fsp3) is 0.438. The molecule has 0 aliphatic heterocycles. The molecular weight excluding hydrogens is 286 g/mol. The number of aromatic nitrogens is 2. The molecule has 21 heavy (non-hydrogen) atoms. The van der Waals surface area contributed by atoms with Gasteiger partial charge in [0.2, 0.25) is 0 Å². The molecule has 0 bridgehead atoms. The Labute approximate surface area is 131 Å². The van der Waals surface area contributed by atoms with Crippen molar-refractivity contribution in [2.24, 2.45) is 0 Å². The molecule has 1 aromatic carbocycles. The average molecular weight is 308 g/mol. The highest BCUT2D eigenvalue weighted by molar-refractivity contribution is 6.32. The summed E-state index contributed by atoms with van der Waals surface area (Å²) < 4.78 is 7.65. The summed E-state index contributed by atoms with van der Waals surface area (Å²) in [6, 6.07) is 6.30.